The molecule has 0 bridgehead atoms. The van der Waals surface area contributed by atoms with Crippen molar-refractivity contribution in [2.75, 3.05) is 0 Å². The van der Waals surface area contributed by atoms with Gasteiger partial charge in [0.1, 0.15) is 11.9 Å². The van der Waals surface area contributed by atoms with E-state index in [0.717, 1.165) is 0 Å². The van der Waals surface area contributed by atoms with Gasteiger partial charge in [-0.15, -0.1) is 0 Å². The fourth-order valence-electron chi connectivity index (χ4n) is 0.365. The molecule has 0 aliphatic carbocycles. The zero-order valence-corrected chi connectivity index (χ0v) is 5.73. The largest absolute Gasteiger partial charge is 0.348 e. The van der Waals surface area contributed by atoms with Gasteiger partial charge in [-0.1, -0.05) is 13.8 Å². The lowest BCUT2D eigenvalue weighted by molar-refractivity contribution is -0.134. The summed E-state index contributed by atoms with van der Waals surface area (Å²) >= 11 is 4.75. The monoisotopic (exact) mass is 136 g/mol. The van der Waals surface area contributed by atoms with Crippen LogP contribution < -0.4 is 0 Å². The molecule has 0 aliphatic heterocycles. The van der Waals surface area contributed by atoms with Gasteiger partial charge in [0.05, 0.1) is 0 Å². The highest BCUT2D eigenvalue weighted by atomic mass is 35.5. The Bertz CT molecular complexity index is 80.5. The van der Waals surface area contributed by atoms with E-state index in [1.807, 2.05) is 13.8 Å². The molecule has 0 N–H and O–H groups in total. The molecule has 3 heteroatoms. The first-order chi connectivity index (χ1) is 3.66. The molecule has 48 valence electrons. The lowest BCUT2D eigenvalue weighted by Crippen LogP contribution is -2.00. The average Bonchev–Trinajstić information content (AvgIpc) is 1.65. The molecular weight excluding hydrogens is 128 g/mol. The Balaban J connectivity index is 3.25. The Kier molecular flexibility index (Phi) is 3.61. The van der Waals surface area contributed by atoms with Crippen LogP contribution in [0.15, 0.2) is 0 Å². The molecule has 0 aromatic rings. The van der Waals surface area contributed by atoms with Crippen LogP contribution in [0.25, 0.3) is 0 Å². The summed E-state index contributed by atoms with van der Waals surface area (Å²) in [6, 6.07) is 0. The van der Waals surface area contributed by atoms with E-state index in [4.69, 9.17) is 11.9 Å². The molecule has 0 aromatic heterocycles. The molecule has 0 amide bonds. The minimum atomic E-state index is -0.360. The maximum absolute atomic E-state index is 10.3. The summed E-state index contributed by atoms with van der Waals surface area (Å²) in [5.74, 6) is -0.0390. The second-order valence-corrected chi connectivity index (χ2v) is 2.20. The second-order valence-electron chi connectivity index (χ2n) is 2.05. The summed E-state index contributed by atoms with van der Waals surface area (Å²) in [4.78, 5) is 10.3. The zero-order chi connectivity index (χ0) is 6.57. The smallest absolute Gasteiger partial charge is 0.325 e. The van der Waals surface area contributed by atoms with E-state index in [-0.39, 0.29) is 5.97 Å². The Hall–Kier alpha value is -0.240. The third kappa shape index (κ3) is 3.93. The second kappa shape index (κ2) is 3.72. The van der Waals surface area contributed by atoms with Gasteiger partial charge < -0.3 is 4.29 Å². The molecule has 0 aliphatic rings. The highest BCUT2D eigenvalue weighted by molar-refractivity contribution is 6.13. The van der Waals surface area contributed by atoms with Crippen molar-refractivity contribution in [2.24, 2.45) is 5.92 Å². The fourth-order valence-corrected chi connectivity index (χ4v) is 0.428. The Morgan fingerprint density at radius 1 is 1.75 bits per heavy atom. The quantitative estimate of drug-likeness (QED) is 0.578. The summed E-state index contributed by atoms with van der Waals surface area (Å²) in [6.07, 6.45) is 0.392. The van der Waals surface area contributed by atoms with Crippen molar-refractivity contribution >= 4 is 17.8 Å². The molecule has 2 nitrogen and oxygen atoms in total. The van der Waals surface area contributed by atoms with Crippen molar-refractivity contribution in [1.29, 1.82) is 0 Å². The van der Waals surface area contributed by atoms with E-state index in [0.29, 0.717) is 12.3 Å². The summed E-state index contributed by atoms with van der Waals surface area (Å²) in [5.41, 5.74) is 0. The van der Waals surface area contributed by atoms with E-state index in [1.54, 1.807) is 0 Å². The van der Waals surface area contributed by atoms with Crippen molar-refractivity contribution in [3.05, 3.63) is 0 Å². The van der Waals surface area contributed by atoms with Gasteiger partial charge in [-0.25, -0.2) is 0 Å². The molecule has 8 heavy (non-hydrogen) atoms. The lowest BCUT2D eigenvalue weighted by Gasteiger charge is -1.97. The van der Waals surface area contributed by atoms with Crippen LogP contribution in [0.3, 0.4) is 0 Å². The molecule has 0 radical (unpaired) electrons. The highest BCUT2D eigenvalue weighted by Crippen LogP contribution is 2.01. The van der Waals surface area contributed by atoms with Crippen molar-refractivity contribution in [3.63, 3.8) is 0 Å². The Morgan fingerprint density at radius 2 is 2.25 bits per heavy atom. The zero-order valence-electron chi connectivity index (χ0n) is 4.98. The molecule has 0 aromatic carbocycles. The first kappa shape index (κ1) is 7.76. The maximum atomic E-state index is 10.3. The molecular formula is C5H9ClO2. The number of rotatable bonds is 2. The third-order valence-electron chi connectivity index (χ3n) is 0.661. The van der Waals surface area contributed by atoms with Gasteiger partial charge in [0.15, 0.2) is 0 Å². The number of carbonyl (C=O) groups excluding carboxylic acids is 1. The van der Waals surface area contributed by atoms with Crippen molar-refractivity contribution in [3.8, 4) is 0 Å². The van der Waals surface area contributed by atoms with Gasteiger partial charge in [-0.3, -0.25) is 4.79 Å². The Labute approximate surface area is 53.9 Å². The predicted octanol–water partition coefficient (Wildman–Crippen LogP) is 1.73. The third-order valence-corrected chi connectivity index (χ3v) is 0.833. The minimum absolute atomic E-state index is 0.321. The molecule has 0 saturated heterocycles. The van der Waals surface area contributed by atoms with E-state index < -0.39 is 0 Å². The molecule has 0 unspecified atom stereocenters. The van der Waals surface area contributed by atoms with E-state index >= 15 is 0 Å². The van der Waals surface area contributed by atoms with E-state index in [1.165, 1.54) is 0 Å². The maximum Gasteiger partial charge on any atom is 0.325 e. The number of hydrogen-bond acceptors (Lipinski definition) is 2. The number of carbonyl (C=O) groups is 1. The van der Waals surface area contributed by atoms with E-state index in [2.05, 4.69) is 4.29 Å². The normalized spacial score (nSPS) is 9.50. The standard InChI is InChI=1S/C5H9ClO2/c1-4(2)3-5(7)8-6/h4H,3H2,1-2H3. The van der Waals surface area contributed by atoms with Crippen LogP contribution in [0, 0.1) is 5.92 Å². The van der Waals surface area contributed by atoms with Crippen LogP contribution in [0.4, 0.5) is 0 Å². The average molecular weight is 137 g/mol. The molecule has 0 rings (SSSR count). The molecule has 0 fully saturated rings. The van der Waals surface area contributed by atoms with Gasteiger partial charge in [-0.05, 0) is 5.92 Å². The van der Waals surface area contributed by atoms with Gasteiger partial charge >= 0.3 is 5.97 Å². The van der Waals surface area contributed by atoms with Crippen LogP contribution in [0.1, 0.15) is 20.3 Å². The topological polar surface area (TPSA) is 26.3 Å². The van der Waals surface area contributed by atoms with Gasteiger partial charge in [0.25, 0.3) is 0 Å². The summed E-state index contributed by atoms with van der Waals surface area (Å²) in [7, 11) is 0. The molecule has 0 heterocycles. The van der Waals surface area contributed by atoms with Gasteiger partial charge in [-0.2, -0.15) is 0 Å². The summed E-state index contributed by atoms with van der Waals surface area (Å²) < 4.78 is 3.89. The number of hydrogen-bond donors (Lipinski definition) is 0. The van der Waals surface area contributed by atoms with Crippen molar-refractivity contribution < 1.29 is 9.08 Å². The first-order valence-electron chi connectivity index (χ1n) is 2.48. The number of halogens is 1. The lowest BCUT2D eigenvalue weighted by atomic mass is 10.1. The van der Waals surface area contributed by atoms with Crippen LogP contribution >= 0.6 is 11.9 Å². The highest BCUT2D eigenvalue weighted by Gasteiger charge is 2.03. The van der Waals surface area contributed by atoms with Crippen molar-refractivity contribution in [2.45, 2.75) is 20.3 Å². The van der Waals surface area contributed by atoms with Gasteiger partial charge in [0, 0.05) is 6.42 Å². The van der Waals surface area contributed by atoms with E-state index in [9.17, 15) is 4.79 Å². The molecule has 0 spiro atoms. The van der Waals surface area contributed by atoms with Crippen LogP contribution in [0.2, 0.25) is 0 Å². The summed E-state index contributed by atoms with van der Waals surface area (Å²) in [6.45, 7) is 3.85. The molecule has 0 atom stereocenters. The van der Waals surface area contributed by atoms with Crippen molar-refractivity contribution in [1.82, 2.24) is 0 Å². The fraction of sp³-hybridized carbons (Fsp3) is 0.800. The molecule has 0 saturated carbocycles. The minimum Gasteiger partial charge on any atom is -0.348 e. The predicted molar refractivity (Wildman–Crippen MR) is 31.4 cm³/mol. The van der Waals surface area contributed by atoms with Crippen LogP contribution in [-0.2, 0) is 9.08 Å². The summed E-state index contributed by atoms with van der Waals surface area (Å²) in [5, 5.41) is 0. The first-order valence-corrected chi connectivity index (χ1v) is 2.79. The Morgan fingerprint density at radius 3 is 2.38 bits per heavy atom. The SMILES string of the molecule is CC(C)CC(=O)OCl. The van der Waals surface area contributed by atoms with Crippen LogP contribution in [-0.4, -0.2) is 5.97 Å². The van der Waals surface area contributed by atoms with Gasteiger partial charge in [0.2, 0.25) is 0 Å². The van der Waals surface area contributed by atoms with Crippen LogP contribution in [0.5, 0.6) is 0 Å².